The topological polar surface area (TPSA) is 81.6 Å². The van der Waals surface area contributed by atoms with Crippen LogP contribution in [0.2, 0.25) is 0 Å². The van der Waals surface area contributed by atoms with E-state index in [0.29, 0.717) is 18.9 Å². The van der Waals surface area contributed by atoms with Gasteiger partial charge in [-0.1, -0.05) is 6.92 Å². The molecule has 0 aliphatic carbocycles. The molecular formula is C13H17N3O4. The fraction of sp³-hybridized carbons (Fsp3) is 0.538. The first kappa shape index (κ1) is 14.2. The minimum atomic E-state index is -0.522. The fourth-order valence-electron chi connectivity index (χ4n) is 2.32. The summed E-state index contributed by atoms with van der Waals surface area (Å²) in [4.78, 5) is 24.9. The number of aromatic nitrogens is 2. The van der Waals surface area contributed by atoms with Gasteiger partial charge in [0.2, 0.25) is 0 Å². The molecule has 2 atom stereocenters. The second-order valence-corrected chi connectivity index (χ2v) is 4.78. The van der Waals surface area contributed by atoms with Crippen molar-refractivity contribution in [2.24, 2.45) is 11.8 Å². The van der Waals surface area contributed by atoms with E-state index in [4.69, 9.17) is 4.74 Å². The molecule has 0 radical (unpaired) electrons. The molecular weight excluding hydrogens is 262 g/mol. The number of rotatable bonds is 3. The molecule has 1 aromatic heterocycles. The maximum Gasteiger partial charge on any atom is 0.358 e. The second kappa shape index (κ2) is 5.85. The molecule has 7 heteroatoms. The molecule has 20 heavy (non-hydrogen) atoms. The highest BCUT2D eigenvalue weighted by Gasteiger charge is 2.36. The lowest BCUT2D eigenvalue weighted by atomic mass is 9.99. The third kappa shape index (κ3) is 2.71. The lowest BCUT2D eigenvalue weighted by molar-refractivity contribution is -0.145. The van der Waals surface area contributed by atoms with Crippen LogP contribution in [0.4, 0.5) is 5.82 Å². The summed E-state index contributed by atoms with van der Waals surface area (Å²) in [6.07, 6.45) is 0. The molecule has 1 aliphatic rings. The Balaban J connectivity index is 2.10. The molecule has 0 aromatic carbocycles. The van der Waals surface area contributed by atoms with Crippen molar-refractivity contribution in [3.05, 3.63) is 17.8 Å². The average Bonchev–Trinajstić information content (AvgIpc) is 2.87. The predicted octanol–water partition coefficient (Wildman–Crippen LogP) is 0.508. The zero-order chi connectivity index (χ0) is 14.7. The van der Waals surface area contributed by atoms with E-state index < -0.39 is 5.97 Å². The Hall–Kier alpha value is -2.18. The second-order valence-electron chi connectivity index (χ2n) is 4.78. The van der Waals surface area contributed by atoms with Crippen LogP contribution >= 0.6 is 0 Å². The number of ether oxygens (including phenoxy) is 2. The van der Waals surface area contributed by atoms with E-state index in [1.807, 2.05) is 11.8 Å². The molecule has 2 unspecified atom stereocenters. The van der Waals surface area contributed by atoms with E-state index in [1.54, 1.807) is 12.1 Å². The maximum absolute atomic E-state index is 11.6. The fourth-order valence-corrected chi connectivity index (χ4v) is 2.32. The molecule has 2 rings (SSSR count). The van der Waals surface area contributed by atoms with Gasteiger partial charge in [-0.05, 0) is 18.1 Å². The molecule has 1 saturated heterocycles. The summed E-state index contributed by atoms with van der Waals surface area (Å²) in [5, 5.41) is 7.83. The maximum atomic E-state index is 11.6. The molecule has 108 valence electrons. The number of methoxy groups -OCH3 is 2. The van der Waals surface area contributed by atoms with Crippen molar-refractivity contribution in [2.75, 3.05) is 32.2 Å². The molecule has 7 nitrogen and oxygen atoms in total. The van der Waals surface area contributed by atoms with Gasteiger partial charge < -0.3 is 14.4 Å². The monoisotopic (exact) mass is 279 g/mol. The van der Waals surface area contributed by atoms with Gasteiger partial charge >= 0.3 is 11.9 Å². The van der Waals surface area contributed by atoms with Crippen LogP contribution in [0.5, 0.6) is 0 Å². The lowest BCUT2D eigenvalue weighted by Crippen LogP contribution is -2.25. The Morgan fingerprint density at radius 3 is 2.50 bits per heavy atom. The van der Waals surface area contributed by atoms with Crippen molar-refractivity contribution < 1.29 is 19.1 Å². The van der Waals surface area contributed by atoms with Gasteiger partial charge in [-0.2, -0.15) is 0 Å². The number of carbonyl (C=O) groups excluding carboxylic acids is 2. The van der Waals surface area contributed by atoms with E-state index in [-0.39, 0.29) is 23.5 Å². The number of anilines is 1. The summed E-state index contributed by atoms with van der Waals surface area (Å²) in [5.41, 5.74) is 0.160. The largest absolute Gasteiger partial charge is 0.469 e. The third-order valence-electron chi connectivity index (χ3n) is 3.49. The average molecular weight is 279 g/mol. The summed E-state index contributed by atoms with van der Waals surface area (Å²) >= 11 is 0. The minimum Gasteiger partial charge on any atom is -0.469 e. The summed E-state index contributed by atoms with van der Waals surface area (Å²) in [6, 6.07) is 3.26. The van der Waals surface area contributed by atoms with Crippen molar-refractivity contribution in [1.29, 1.82) is 0 Å². The van der Waals surface area contributed by atoms with Crippen LogP contribution in [0, 0.1) is 11.8 Å². The van der Waals surface area contributed by atoms with Crippen LogP contribution in [-0.2, 0) is 14.3 Å². The molecule has 1 fully saturated rings. The van der Waals surface area contributed by atoms with Gasteiger partial charge in [-0.15, -0.1) is 10.2 Å². The molecule has 1 aromatic rings. The summed E-state index contributed by atoms with van der Waals surface area (Å²) in [6.45, 7) is 3.24. The van der Waals surface area contributed by atoms with Crippen molar-refractivity contribution in [2.45, 2.75) is 6.92 Å². The van der Waals surface area contributed by atoms with Crippen molar-refractivity contribution >= 4 is 17.8 Å². The predicted molar refractivity (Wildman–Crippen MR) is 70.3 cm³/mol. The highest BCUT2D eigenvalue weighted by molar-refractivity contribution is 5.87. The van der Waals surface area contributed by atoms with Crippen LogP contribution < -0.4 is 4.90 Å². The highest BCUT2D eigenvalue weighted by Crippen LogP contribution is 2.27. The smallest absolute Gasteiger partial charge is 0.358 e. The van der Waals surface area contributed by atoms with E-state index in [2.05, 4.69) is 14.9 Å². The Morgan fingerprint density at radius 2 is 1.95 bits per heavy atom. The van der Waals surface area contributed by atoms with E-state index in [1.165, 1.54) is 14.2 Å². The van der Waals surface area contributed by atoms with E-state index >= 15 is 0 Å². The quantitative estimate of drug-likeness (QED) is 0.745. The van der Waals surface area contributed by atoms with Gasteiger partial charge in [-0.3, -0.25) is 4.79 Å². The number of hydrogen-bond acceptors (Lipinski definition) is 7. The van der Waals surface area contributed by atoms with Crippen LogP contribution in [-0.4, -0.2) is 49.4 Å². The Kier molecular flexibility index (Phi) is 4.16. The van der Waals surface area contributed by atoms with Gasteiger partial charge in [0.1, 0.15) is 0 Å². The minimum absolute atomic E-state index is 0.160. The Bertz CT molecular complexity index is 503. The summed E-state index contributed by atoms with van der Waals surface area (Å²) in [7, 11) is 2.68. The van der Waals surface area contributed by atoms with E-state index in [9.17, 15) is 9.59 Å². The summed E-state index contributed by atoms with van der Waals surface area (Å²) in [5.74, 6) is -0.0760. The number of nitrogens with zero attached hydrogens (tertiary/aromatic N) is 3. The van der Waals surface area contributed by atoms with Crippen LogP contribution in [0.1, 0.15) is 17.4 Å². The van der Waals surface area contributed by atoms with Crippen molar-refractivity contribution in [1.82, 2.24) is 10.2 Å². The number of esters is 2. The van der Waals surface area contributed by atoms with Gasteiger partial charge in [0.25, 0.3) is 0 Å². The van der Waals surface area contributed by atoms with Crippen molar-refractivity contribution in [3.63, 3.8) is 0 Å². The van der Waals surface area contributed by atoms with Crippen LogP contribution in [0.3, 0.4) is 0 Å². The Morgan fingerprint density at radius 1 is 1.20 bits per heavy atom. The first-order valence-corrected chi connectivity index (χ1v) is 6.31. The Labute approximate surface area is 116 Å². The SMILES string of the molecule is COC(=O)c1ccc(N2CC(C)C(C(=O)OC)C2)nn1. The zero-order valence-corrected chi connectivity index (χ0v) is 11.7. The van der Waals surface area contributed by atoms with Gasteiger partial charge in [-0.25, -0.2) is 4.79 Å². The summed E-state index contributed by atoms with van der Waals surface area (Å²) < 4.78 is 9.36. The highest BCUT2D eigenvalue weighted by atomic mass is 16.5. The van der Waals surface area contributed by atoms with E-state index in [0.717, 1.165) is 0 Å². The third-order valence-corrected chi connectivity index (χ3v) is 3.49. The molecule has 0 bridgehead atoms. The molecule has 1 aliphatic heterocycles. The zero-order valence-electron chi connectivity index (χ0n) is 11.7. The normalized spacial score (nSPS) is 21.6. The van der Waals surface area contributed by atoms with Crippen molar-refractivity contribution in [3.8, 4) is 0 Å². The molecule has 2 heterocycles. The standard InChI is InChI=1S/C13H17N3O4/c1-8-6-16(7-9(8)12(17)19-2)11-5-4-10(14-15-11)13(18)20-3/h4-5,8-9H,6-7H2,1-3H3. The van der Waals surface area contributed by atoms with Gasteiger partial charge in [0.15, 0.2) is 11.5 Å². The number of hydrogen-bond donors (Lipinski definition) is 0. The molecule has 0 saturated carbocycles. The molecule has 0 spiro atoms. The first-order valence-electron chi connectivity index (χ1n) is 6.31. The first-order chi connectivity index (χ1) is 9.56. The lowest BCUT2D eigenvalue weighted by Gasteiger charge is -2.16. The van der Waals surface area contributed by atoms with Crippen LogP contribution in [0.25, 0.3) is 0 Å². The molecule has 0 amide bonds. The number of carbonyl (C=O) groups is 2. The van der Waals surface area contributed by atoms with Gasteiger partial charge in [0.05, 0.1) is 20.1 Å². The molecule has 0 N–H and O–H groups in total. The van der Waals surface area contributed by atoms with Crippen LogP contribution in [0.15, 0.2) is 12.1 Å². The van der Waals surface area contributed by atoms with Gasteiger partial charge in [0, 0.05) is 13.1 Å².